The van der Waals surface area contributed by atoms with Crippen molar-refractivity contribution in [2.75, 3.05) is 27.3 Å². The second-order valence-electron chi connectivity index (χ2n) is 6.04. The van der Waals surface area contributed by atoms with Crippen LogP contribution in [0.25, 0.3) is 0 Å². The zero-order valence-electron chi connectivity index (χ0n) is 16.2. The van der Waals surface area contributed by atoms with Crippen LogP contribution in [0.15, 0.2) is 23.3 Å². The van der Waals surface area contributed by atoms with Gasteiger partial charge in [0.25, 0.3) is 5.91 Å². The smallest absolute Gasteiger partial charge is 0.329 e. The highest BCUT2D eigenvalue weighted by atomic mass is 16.5. The number of benzene rings is 1. The van der Waals surface area contributed by atoms with E-state index in [1.807, 2.05) is 6.92 Å². The van der Waals surface area contributed by atoms with Crippen LogP contribution >= 0.6 is 0 Å². The van der Waals surface area contributed by atoms with Crippen LogP contribution in [-0.2, 0) is 14.4 Å². The fourth-order valence-electron chi connectivity index (χ4n) is 1.81. The topological polar surface area (TPSA) is 109 Å². The molecule has 0 bridgehead atoms. The average molecular weight is 378 g/mol. The Morgan fingerprint density at radius 3 is 2.44 bits per heavy atom. The molecular formula is C18H26N4O5. The highest BCUT2D eigenvalue weighted by Gasteiger charge is 2.13. The van der Waals surface area contributed by atoms with Gasteiger partial charge in [-0.1, -0.05) is 0 Å². The lowest BCUT2D eigenvalue weighted by Gasteiger charge is -2.14. The molecule has 9 nitrogen and oxygen atoms in total. The van der Waals surface area contributed by atoms with Crippen LogP contribution in [0, 0.1) is 0 Å². The number of hydrogen-bond acceptors (Lipinski definition) is 6. The number of likely N-dealkylation sites (N-methyl/N-ethyl adjacent to an activating group) is 1. The van der Waals surface area contributed by atoms with Crippen LogP contribution in [0.3, 0.4) is 0 Å². The molecule has 0 radical (unpaired) electrons. The normalized spacial score (nSPS) is 10.6. The fraction of sp³-hybridized carbons (Fsp3) is 0.444. The van der Waals surface area contributed by atoms with Crippen LogP contribution < -0.4 is 20.2 Å². The first-order chi connectivity index (χ1) is 12.7. The standard InChI is InChI=1S/C18H26N4O5/c1-6-26-15-9-13(7-8-14(15)27-11-16(23)22(4)5)10-19-21-18(25)17(24)20-12(2)3/h7-10,12H,6,11H2,1-5H3,(H,20,24)(H,21,25)/b19-10-. The Labute approximate surface area is 158 Å². The van der Waals surface area contributed by atoms with Crippen molar-refractivity contribution in [3.63, 3.8) is 0 Å². The van der Waals surface area contributed by atoms with Gasteiger partial charge in [0.15, 0.2) is 18.1 Å². The van der Waals surface area contributed by atoms with Crippen LogP contribution in [-0.4, -0.2) is 62.2 Å². The SMILES string of the molecule is CCOc1cc(/C=N\NC(=O)C(=O)NC(C)C)ccc1OCC(=O)N(C)C. The van der Waals surface area contributed by atoms with Crippen molar-refractivity contribution in [1.29, 1.82) is 0 Å². The quantitative estimate of drug-likeness (QED) is 0.390. The Morgan fingerprint density at radius 2 is 1.85 bits per heavy atom. The van der Waals surface area contributed by atoms with Gasteiger partial charge in [0, 0.05) is 20.1 Å². The van der Waals surface area contributed by atoms with Crippen LogP contribution in [0.5, 0.6) is 11.5 Å². The first-order valence-corrected chi connectivity index (χ1v) is 8.48. The Morgan fingerprint density at radius 1 is 1.15 bits per heavy atom. The summed E-state index contributed by atoms with van der Waals surface area (Å²) in [5, 5.41) is 6.22. The minimum atomic E-state index is -0.855. The maximum absolute atomic E-state index is 11.6. The van der Waals surface area contributed by atoms with E-state index in [2.05, 4.69) is 15.8 Å². The zero-order chi connectivity index (χ0) is 20.4. The van der Waals surface area contributed by atoms with Crippen molar-refractivity contribution < 1.29 is 23.9 Å². The lowest BCUT2D eigenvalue weighted by molar-refractivity contribution is -0.139. The van der Waals surface area contributed by atoms with Crippen LogP contribution in [0.1, 0.15) is 26.3 Å². The molecule has 1 aromatic rings. The highest BCUT2D eigenvalue weighted by molar-refractivity contribution is 6.35. The number of nitrogens with zero attached hydrogens (tertiary/aromatic N) is 2. The van der Waals surface area contributed by atoms with Crippen molar-refractivity contribution >= 4 is 23.9 Å². The molecule has 0 saturated carbocycles. The Kier molecular flexibility index (Phi) is 8.77. The Bertz CT molecular complexity index is 701. The molecule has 0 fully saturated rings. The number of hydrazone groups is 1. The van der Waals surface area contributed by atoms with Crippen molar-refractivity contribution in [2.45, 2.75) is 26.8 Å². The van der Waals surface area contributed by atoms with Crippen molar-refractivity contribution in [3.8, 4) is 11.5 Å². The van der Waals surface area contributed by atoms with E-state index in [0.29, 0.717) is 23.7 Å². The maximum Gasteiger partial charge on any atom is 0.329 e. The van der Waals surface area contributed by atoms with Gasteiger partial charge >= 0.3 is 11.8 Å². The minimum absolute atomic E-state index is 0.110. The van der Waals surface area contributed by atoms with Gasteiger partial charge in [-0.3, -0.25) is 14.4 Å². The monoisotopic (exact) mass is 378 g/mol. The molecule has 0 aliphatic carbocycles. The molecule has 0 heterocycles. The first-order valence-electron chi connectivity index (χ1n) is 8.48. The second kappa shape index (κ2) is 10.8. The van der Waals surface area contributed by atoms with E-state index in [1.165, 1.54) is 11.1 Å². The largest absolute Gasteiger partial charge is 0.490 e. The average Bonchev–Trinajstić information content (AvgIpc) is 2.60. The van der Waals surface area contributed by atoms with Gasteiger partial charge in [0.1, 0.15) is 0 Å². The number of ether oxygens (including phenoxy) is 2. The first kappa shape index (κ1) is 21.9. The summed E-state index contributed by atoms with van der Waals surface area (Å²) < 4.78 is 11.0. The number of rotatable bonds is 8. The van der Waals surface area contributed by atoms with Gasteiger partial charge in [-0.05, 0) is 44.5 Å². The molecule has 27 heavy (non-hydrogen) atoms. The van der Waals surface area contributed by atoms with E-state index in [4.69, 9.17) is 9.47 Å². The van der Waals surface area contributed by atoms with Gasteiger partial charge in [-0.2, -0.15) is 5.10 Å². The maximum atomic E-state index is 11.6. The molecule has 1 aromatic carbocycles. The highest BCUT2D eigenvalue weighted by Crippen LogP contribution is 2.28. The molecule has 2 N–H and O–H groups in total. The van der Waals surface area contributed by atoms with Crippen LogP contribution in [0.4, 0.5) is 0 Å². The zero-order valence-corrected chi connectivity index (χ0v) is 16.2. The van der Waals surface area contributed by atoms with E-state index < -0.39 is 11.8 Å². The molecule has 0 aliphatic rings. The molecule has 0 spiro atoms. The third-order valence-electron chi connectivity index (χ3n) is 3.12. The van der Waals surface area contributed by atoms with Crippen molar-refractivity contribution in [1.82, 2.24) is 15.6 Å². The van der Waals surface area contributed by atoms with E-state index in [9.17, 15) is 14.4 Å². The summed E-state index contributed by atoms with van der Waals surface area (Å²) in [6.45, 7) is 5.62. The minimum Gasteiger partial charge on any atom is -0.490 e. The van der Waals surface area contributed by atoms with Crippen LogP contribution in [0.2, 0.25) is 0 Å². The molecule has 1 rings (SSSR count). The second-order valence-corrected chi connectivity index (χ2v) is 6.04. The molecule has 148 valence electrons. The number of amides is 3. The Hall–Kier alpha value is -3.10. The summed E-state index contributed by atoms with van der Waals surface area (Å²) in [6.07, 6.45) is 1.37. The van der Waals surface area contributed by atoms with E-state index in [-0.39, 0.29) is 18.6 Å². The molecule has 3 amide bonds. The summed E-state index contributed by atoms with van der Waals surface area (Å²) in [4.78, 5) is 36.1. The van der Waals surface area contributed by atoms with Gasteiger partial charge in [0.2, 0.25) is 0 Å². The van der Waals surface area contributed by atoms with Gasteiger partial charge < -0.3 is 19.7 Å². The molecule has 0 atom stereocenters. The lowest BCUT2D eigenvalue weighted by atomic mass is 10.2. The van der Waals surface area contributed by atoms with Crippen molar-refractivity contribution in [2.24, 2.45) is 5.10 Å². The third-order valence-corrected chi connectivity index (χ3v) is 3.12. The fourth-order valence-corrected chi connectivity index (χ4v) is 1.81. The summed E-state index contributed by atoms with van der Waals surface area (Å²) in [5.41, 5.74) is 2.77. The van der Waals surface area contributed by atoms with E-state index >= 15 is 0 Å². The summed E-state index contributed by atoms with van der Waals surface area (Å²) in [6, 6.07) is 4.83. The molecule has 9 heteroatoms. The lowest BCUT2D eigenvalue weighted by Crippen LogP contribution is -2.41. The van der Waals surface area contributed by atoms with Crippen molar-refractivity contribution in [3.05, 3.63) is 23.8 Å². The number of carbonyl (C=O) groups is 3. The van der Waals surface area contributed by atoms with E-state index in [1.54, 1.807) is 46.1 Å². The number of carbonyl (C=O) groups excluding carboxylic acids is 3. The van der Waals surface area contributed by atoms with Gasteiger partial charge in [0.05, 0.1) is 12.8 Å². The predicted molar refractivity (Wildman–Crippen MR) is 101 cm³/mol. The molecule has 0 unspecified atom stereocenters. The third kappa shape index (κ3) is 7.76. The number of nitrogens with one attached hydrogen (secondary N) is 2. The Balaban J connectivity index is 2.76. The molecule has 0 aliphatic heterocycles. The van der Waals surface area contributed by atoms with Gasteiger partial charge in [-0.15, -0.1) is 0 Å². The molecule has 0 aromatic heterocycles. The number of hydrogen-bond donors (Lipinski definition) is 2. The predicted octanol–water partition coefficient (Wildman–Crippen LogP) is 0.527. The summed E-state index contributed by atoms with van der Waals surface area (Å²) in [7, 11) is 3.29. The van der Waals surface area contributed by atoms with Gasteiger partial charge in [-0.25, -0.2) is 5.43 Å². The summed E-state index contributed by atoms with van der Waals surface area (Å²) in [5.74, 6) is -0.925. The summed E-state index contributed by atoms with van der Waals surface area (Å²) >= 11 is 0. The molecular weight excluding hydrogens is 352 g/mol. The molecule has 0 saturated heterocycles. The van der Waals surface area contributed by atoms with E-state index in [0.717, 1.165) is 0 Å².